The number of hydrogen-bond acceptors (Lipinski definition) is 13. The molecular formula is C60H76Cl3N19O. The van der Waals surface area contributed by atoms with E-state index in [1.54, 1.807) is 43.5 Å². The lowest BCUT2D eigenvalue weighted by atomic mass is 10.1. The second-order valence-electron chi connectivity index (χ2n) is 25.6. The fourth-order valence-corrected chi connectivity index (χ4v) is 9.08. The average Bonchev–Trinajstić information content (AvgIpc) is 4.48. The minimum absolute atomic E-state index is 0.00803. The smallest absolute Gasteiger partial charge is 0.260 e. The normalized spacial score (nSPS) is 12.3. The Morgan fingerprint density at radius 2 is 0.952 bits per heavy atom. The van der Waals surface area contributed by atoms with E-state index in [1.165, 1.54) is 18.2 Å². The van der Waals surface area contributed by atoms with Crippen LogP contribution in [0.4, 0.5) is 5.82 Å². The molecular weight excluding hydrogens is 1110 g/mol. The second kappa shape index (κ2) is 24.2. The summed E-state index contributed by atoms with van der Waals surface area (Å²) in [6.45, 7) is 38.2. The van der Waals surface area contributed by atoms with Gasteiger partial charge in [0.1, 0.15) is 34.9 Å². The number of anilines is 1. The van der Waals surface area contributed by atoms with Crippen LogP contribution in [0.2, 0.25) is 15.2 Å². The largest absolute Gasteiger partial charge is 0.382 e. The lowest BCUT2D eigenvalue weighted by Gasteiger charge is -2.21. The molecule has 0 aliphatic rings. The Morgan fingerprint density at radius 3 is 1.59 bits per heavy atom. The molecule has 20 nitrogen and oxygen atoms in total. The first-order valence-electron chi connectivity index (χ1n) is 26.9. The van der Waals surface area contributed by atoms with Gasteiger partial charge < -0.3 is 38.1 Å². The molecule has 0 spiro atoms. The minimum atomic E-state index is -0.0852. The number of nitrogen functional groups attached to an aromatic ring is 1. The maximum absolute atomic E-state index is 11.4. The number of benzene rings is 2. The molecule has 12 rings (SSSR count). The van der Waals surface area contributed by atoms with Gasteiger partial charge in [0.15, 0.2) is 22.3 Å². The summed E-state index contributed by atoms with van der Waals surface area (Å²) in [5.74, 6) is 0.491. The van der Waals surface area contributed by atoms with Gasteiger partial charge in [-0.1, -0.05) is 46.9 Å². The van der Waals surface area contributed by atoms with Crippen molar-refractivity contribution in [3.63, 3.8) is 0 Å². The van der Waals surface area contributed by atoms with E-state index in [0.29, 0.717) is 31.9 Å². The molecule has 83 heavy (non-hydrogen) atoms. The highest BCUT2D eigenvalue weighted by molar-refractivity contribution is 6.42. The SMILES string of the molecule is CC(C)(C)n1ccc2c(=O)[nH]cnc21.CC(C)(C)n1cnc2c(Cl)ncnc21.CC(C)(C)n1cnc2c(N)nccc21.CC(C)(C)n1cnc2cc(Cl)c(Cl)cc21.CC(C)(C)n1cnc2ccccc21.CC(C)(C)n1cnc2cncnc21. The topological polar surface area (TPSA) is 230 Å². The number of nitrogens with two attached hydrogens (primary N) is 1. The summed E-state index contributed by atoms with van der Waals surface area (Å²) < 4.78 is 12.4. The molecule has 0 unspecified atom stereocenters. The van der Waals surface area contributed by atoms with E-state index in [2.05, 4.69) is 204 Å². The van der Waals surface area contributed by atoms with Gasteiger partial charge in [-0.15, -0.1) is 0 Å². The van der Waals surface area contributed by atoms with E-state index in [4.69, 9.17) is 40.5 Å². The van der Waals surface area contributed by atoms with E-state index >= 15 is 0 Å². The summed E-state index contributed by atoms with van der Waals surface area (Å²) in [5, 5.41) is 2.15. The summed E-state index contributed by atoms with van der Waals surface area (Å²) in [6.07, 6.45) is 18.8. The highest BCUT2D eigenvalue weighted by Crippen LogP contribution is 2.31. The molecule has 0 saturated heterocycles. The van der Waals surface area contributed by atoms with E-state index in [-0.39, 0.29) is 38.8 Å². The van der Waals surface area contributed by atoms with Crippen LogP contribution in [0.25, 0.3) is 66.5 Å². The number of H-pyrrole nitrogens is 1. The Labute approximate surface area is 498 Å². The minimum Gasteiger partial charge on any atom is -0.382 e. The monoisotopic (exact) mass is 1180 g/mol. The molecule has 10 heterocycles. The molecule has 2 aromatic carbocycles. The van der Waals surface area contributed by atoms with Gasteiger partial charge >= 0.3 is 0 Å². The number of aromatic amines is 1. The quantitative estimate of drug-likeness (QED) is 0.135. The maximum Gasteiger partial charge on any atom is 0.260 e. The number of hydrogen-bond donors (Lipinski definition) is 2. The van der Waals surface area contributed by atoms with Crippen molar-refractivity contribution in [2.75, 3.05) is 5.73 Å². The van der Waals surface area contributed by atoms with Crippen LogP contribution >= 0.6 is 34.8 Å². The van der Waals surface area contributed by atoms with Crippen LogP contribution in [-0.4, -0.2) is 87.2 Å². The van der Waals surface area contributed by atoms with E-state index in [9.17, 15) is 4.79 Å². The van der Waals surface area contributed by atoms with Gasteiger partial charge in [-0.2, -0.15) is 0 Å². The van der Waals surface area contributed by atoms with Gasteiger partial charge in [-0.25, -0.2) is 54.8 Å². The fraction of sp³-hybridized carbons (Fsp3) is 0.400. The summed E-state index contributed by atoms with van der Waals surface area (Å²) in [6, 6.07) is 15.6. The standard InChI is InChI=1S/C11H12Cl2N2.C11H14N2.C10H14N4.C10H13N3O.C9H11ClN4.C9H12N4/c1-11(2,3)15-6-14-9-4-7(12)8(13)5-10(9)15;1-11(2,3)13-8-12-9-6-4-5-7-10(9)13;1-10(2,3)14-6-13-8-7(14)4-5-12-9(8)11;1-10(2,3)13-5-4-7-8(13)11-6-12-9(7)14;1-9(2,3)14-5-13-6-7(10)11-4-12-8(6)14;1-9(2,3)13-6-12-7-4-10-5-11-8(7)13/h4-6H,1-3H3;4-8H,1-3H3;4-6H,1-3H3,(H2,11,12);4-6H,1-3H3,(H,11,12,14);4-5H,1-3H3;4-6H,1-3H3. The Bertz CT molecular complexity index is 4040. The molecule has 438 valence electrons. The number of rotatable bonds is 0. The number of halogens is 3. The average molecular weight is 1190 g/mol. The second-order valence-corrected chi connectivity index (χ2v) is 26.8. The van der Waals surface area contributed by atoms with Gasteiger partial charge in [-0.05, 0) is 161 Å². The van der Waals surface area contributed by atoms with Gasteiger partial charge in [0.25, 0.3) is 5.56 Å². The number of imidazole rings is 5. The molecule has 0 saturated carbocycles. The zero-order chi connectivity index (χ0) is 61.2. The molecule has 3 N–H and O–H groups in total. The highest BCUT2D eigenvalue weighted by Gasteiger charge is 2.22. The van der Waals surface area contributed by atoms with Crippen molar-refractivity contribution in [3.05, 3.63) is 143 Å². The predicted octanol–water partition coefficient (Wildman–Crippen LogP) is 14.0. The van der Waals surface area contributed by atoms with Crippen molar-refractivity contribution < 1.29 is 0 Å². The Kier molecular flexibility index (Phi) is 18.3. The van der Waals surface area contributed by atoms with Gasteiger partial charge in [0.05, 0.1) is 87.2 Å². The number of para-hydroxylation sites is 2. The molecule has 10 aromatic heterocycles. The van der Waals surface area contributed by atoms with Crippen LogP contribution in [-0.2, 0) is 33.2 Å². The molecule has 0 atom stereocenters. The van der Waals surface area contributed by atoms with Crippen molar-refractivity contribution in [1.29, 1.82) is 0 Å². The molecule has 0 amide bonds. The summed E-state index contributed by atoms with van der Waals surface area (Å²) in [7, 11) is 0. The molecule has 12 aromatic rings. The van der Waals surface area contributed by atoms with Crippen LogP contribution in [0.5, 0.6) is 0 Å². The Morgan fingerprint density at radius 1 is 0.446 bits per heavy atom. The van der Waals surface area contributed by atoms with Gasteiger partial charge in [-0.3, -0.25) is 4.79 Å². The molecule has 0 fully saturated rings. The highest BCUT2D eigenvalue weighted by atomic mass is 35.5. The third-order valence-electron chi connectivity index (χ3n) is 12.9. The third-order valence-corrected chi connectivity index (χ3v) is 13.9. The number of nitrogens with zero attached hydrogens (tertiary/aromatic N) is 17. The van der Waals surface area contributed by atoms with E-state index in [0.717, 1.165) is 50.0 Å². The summed E-state index contributed by atoms with van der Waals surface area (Å²) >= 11 is 17.8. The lowest BCUT2D eigenvalue weighted by Crippen LogP contribution is -2.21. The first-order chi connectivity index (χ1) is 38.6. The first-order valence-corrected chi connectivity index (χ1v) is 28.1. The van der Waals surface area contributed by atoms with Gasteiger partial charge in [0, 0.05) is 45.6 Å². The Balaban J connectivity index is 0.000000143. The maximum atomic E-state index is 11.4. The van der Waals surface area contributed by atoms with Crippen LogP contribution in [0.3, 0.4) is 0 Å². The van der Waals surface area contributed by atoms with Crippen LogP contribution in [0, 0.1) is 0 Å². The van der Waals surface area contributed by atoms with Crippen molar-refractivity contribution in [3.8, 4) is 0 Å². The van der Waals surface area contributed by atoms with Crippen LogP contribution in [0.15, 0.2) is 123 Å². The summed E-state index contributed by atoms with van der Waals surface area (Å²) in [4.78, 5) is 59.7. The van der Waals surface area contributed by atoms with Crippen molar-refractivity contribution in [2.45, 2.75) is 158 Å². The Hall–Kier alpha value is -7.81. The zero-order valence-electron chi connectivity index (χ0n) is 50.7. The summed E-state index contributed by atoms with van der Waals surface area (Å²) in [5.41, 5.74) is 15.5. The molecule has 0 bridgehead atoms. The van der Waals surface area contributed by atoms with E-state index < -0.39 is 0 Å². The first kappa shape index (κ1) is 62.8. The number of fused-ring (bicyclic) bond motifs is 6. The molecule has 0 aliphatic heterocycles. The molecule has 0 radical (unpaired) electrons. The van der Waals surface area contributed by atoms with Gasteiger partial charge in [0.2, 0.25) is 0 Å². The van der Waals surface area contributed by atoms with Crippen LogP contribution in [0.1, 0.15) is 125 Å². The van der Waals surface area contributed by atoms with Crippen LogP contribution < -0.4 is 11.3 Å². The molecule has 23 heteroatoms. The predicted molar refractivity (Wildman–Crippen MR) is 337 cm³/mol. The van der Waals surface area contributed by atoms with E-state index in [1.807, 2.05) is 69.2 Å². The van der Waals surface area contributed by atoms with Crippen molar-refractivity contribution in [1.82, 2.24) is 87.2 Å². The number of pyridine rings is 1. The number of nitrogens with one attached hydrogen (secondary N) is 1. The van der Waals surface area contributed by atoms with Crippen molar-refractivity contribution >= 4 is 107 Å². The molecule has 0 aliphatic carbocycles. The fourth-order valence-electron chi connectivity index (χ4n) is 8.59. The lowest BCUT2D eigenvalue weighted by molar-refractivity contribution is 0.405. The third kappa shape index (κ3) is 14.7. The van der Waals surface area contributed by atoms with Crippen molar-refractivity contribution in [2.24, 2.45) is 0 Å². The zero-order valence-corrected chi connectivity index (χ0v) is 53.0. The number of aromatic nitrogens is 18.